The third kappa shape index (κ3) is 4.97. The number of benzene rings is 2. The molecule has 1 atom stereocenters. The standard InChI is InChI=1S/C23H22N4O2S/c1-4-16-7-11-18(12-8-16)25-21(28)15(3)30-23-26-20(19(13-24)22(29)27-23)17-9-5-14(2)6-10-17/h5-12,15H,4H2,1-3H3,(H,25,28)(H,26,27,29)/t15-/m1/s1. The molecule has 6 nitrogen and oxygen atoms in total. The smallest absolute Gasteiger partial charge is 0.270 e. The fraction of sp³-hybridized carbons (Fsp3) is 0.217. The van der Waals surface area contributed by atoms with Crippen molar-refractivity contribution in [2.24, 2.45) is 0 Å². The number of anilines is 1. The number of rotatable bonds is 6. The van der Waals surface area contributed by atoms with Gasteiger partial charge in [-0.3, -0.25) is 9.59 Å². The first kappa shape index (κ1) is 21.3. The molecule has 30 heavy (non-hydrogen) atoms. The van der Waals surface area contributed by atoms with E-state index in [0.717, 1.165) is 23.7 Å². The highest BCUT2D eigenvalue weighted by atomic mass is 32.2. The zero-order valence-electron chi connectivity index (χ0n) is 17.0. The highest BCUT2D eigenvalue weighted by Gasteiger charge is 2.19. The Bertz CT molecular complexity index is 1150. The van der Waals surface area contributed by atoms with E-state index in [1.165, 1.54) is 5.56 Å². The second-order valence-electron chi connectivity index (χ2n) is 6.87. The predicted octanol–water partition coefficient (Wildman–Crippen LogP) is 4.30. The highest BCUT2D eigenvalue weighted by molar-refractivity contribution is 8.00. The first-order valence-electron chi connectivity index (χ1n) is 9.59. The monoisotopic (exact) mass is 418 g/mol. The maximum absolute atomic E-state index is 12.6. The summed E-state index contributed by atoms with van der Waals surface area (Å²) < 4.78 is 0. The van der Waals surface area contributed by atoms with E-state index >= 15 is 0 Å². The van der Waals surface area contributed by atoms with Crippen LogP contribution in [0.5, 0.6) is 0 Å². The molecule has 0 radical (unpaired) electrons. The number of carbonyl (C=O) groups excluding carboxylic acids is 1. The normalized spacial score (nSPS) is 11.5. The maximum Gasteiger partial charge on any atom is 0.270 e. The van der Waals surface area contributed by atoms with Crippen molar-refractivity contribution in [2.75, 3.05) is 5.32 Å². The van der Waals surface area contributed by atoms with E-state index in [1.807, 2.05) is 61.5 Å². The largest absolute Gasteiger partial charge is 0.325 e. The summed E-state index contributed by atoms with van der Waals surface area (Å²) >= 11 is 1.14. The second-order valence-corrected chi connectivity index (χ2v) is 8.20. The van der Waals surface area contributed by atoms with Gasteiger partial charge in [0.2, 0.25) is 5.91 Å². The van der Waals surface area contributed by atoms with Crippen LogP contribution in [0.2, 0.25) is 0 Å². The van der Waals surface area contributed by atoms with Crippen LogP contribution in [-0.4, -0.2) is 21.1 Å². The number of aryl methyl sites for hydroxylation is 2. The Morgan fingerprint density at radius 3 is 2.47 bits per heavy atom. The number of carbonyl (C=O) groups is 1. The number of nitrogens with one attached hydrogen (secondary N) is 2. The molecule has 152 valence electrons. The number of nitriles is 1. The Hall–Kier alpha value is -3.37. The van der Waals surface area contributed by atoms with E-state index in [9.17, 15) is 14.9 Å². The first-order chi connectivity index (χ1) is 14.4. The van der Waals surface area contributed by atoms with Crippen molar-refractivity contribution in [2.45, 2.75) is 37.6 Å². The molecule has 0 saturated carbocycles. The number of hydrogen-bond acceptors (Lipinski definition) is 5. The van der Waals surface area contributed by atoms with Gasteiger partial charge in [0, 0.05) is 11.3 Å². The lowest BCUT2D eigenvalue weighted by Crippen LogP contribution is -2.23. The highest BCUT2D eigenvalue weighted by Crippen LogP contribution is 2.25. The van der Waals surface area contributed by atoms with Crippen LogP contribution in [0, 0.1) is 18.3 Å². The Morgan fingerprint density at radius 2 is 1.87 bits per heavy atom. The summed E-state index contributed by atoms with van der Waals surface area (Å²) in [6, 6.07) is 17.0. The van der Waals surface area contributed by atoms with Crippen molar-refractivity contribution in [3.05, 3.63) is 75.6 Å². The summed E-state index contributed by atoms with van der Waals surface area (Å²) in [7, 11) is 0. The third-order valence-corrected chi connectivity index (χ3v) is 5.61. The fourth-order valence-electron chi connectivity index (χ4n) is 2.82. The molecule has 2 N–H and O–H groups in total. The van der Waals surface area contributed by atoms with Crippen molar-refractivity contribution >= 4 is 23.4 Å². The molecule has 0 aliphatic rings. The number of H-pyrrole nitrogens is 1. The van der Waals surface area contributed by atoms with Crippen LogP contribution in [0.1, 0.15) is 30.5 Å². The quantitative estimate of drug-likeness (QED) is 0.459. The van der Waals surface area contributed by atoms with Crippen molar-refractivity contribution in [3.8, 4) is 17.3 Å². The molecule has 3 aromatic rings. The topological polar surface area (TPSA) is 98.6 Å². The van der Waals surface area contributed by atoms with E-state index in [-0.39, 0.29) is 11.5 Å². The number of hydrogen-bond donors (Lipinski definition) is 2. The van der Waals surface area contributed by atoms with Crippen LogP contribution in [0.15, 0.2) is 58.5 Å². The summed E-state index contributed by atoms with van der Waals surface area (Å²) in [6.07, 6.45) is 0.932. The van der Waals surface area contributed by atoms with Crippen molar-refractivity contribution < 1.29 is 4.79 Å². The number of aromatic amines is 1. The van der Waals surface area contributed by atoms with Crippen LogP contribution in [0.4, 0.5) is 5.69 Å². The Morgan fingerprint density at radius 1 is 1.20 bits per heavy atom. The van der Waals surface area contributed by atoms with Crippen LogP contribution in [-0.2, 0) is 11.2 Å². The molecule has 1 amide bonds. The average Bonchev–Trinajstić information content (AvgIpc) is 2.74. The molecule has 2 aromatic carbocycles. The van der Waals surface area contributed by atoms with E-state index in [4.69, 9.17) is 0 Å². The van der Waals surface area contributed by atoms with Gasteiger partial charge in [-0.25, -0.2) is 4.98 Å². The zero-order valence-corrected chi connectivity index (χ0v) is 17.8. The van der Waals surface area contributed by atoms with E-state index < -0.39 is 10.8 Å². The van der Waals surface area contributed by atoms with Gasteiger partial charge in [-0.15, -0.1) is 0 Å². The summed E-state index contributed by atoms with van der Waals surface area (Å²) in [4.78, 5) is 32.0. The van der Waals surface area contributed by atoms with Gasteiger partial charge in [-0.05, 0) is 38.0 Å². The molecule has 0 saturated heterocycles. The second kappa shape index (κ2) is 9.42. The molecule has 3 rings (SSSR count). The molecule has 7 heteroatoms. The minimum absolute atomic E-state index is 0.0451. The van der Waals surface area contributed by atoms with Crippen molar-refractivity contribution in [1.29, 1.82) is 5.26 Å². The maximum atomic E-state index is 12.6. The van der Waals surface area contributed by atoms with Gasteiger partial charge in [0.05, 0.1) is 10.9 Å². The molecular weight excluding hydrogens is 396 g/mol. The zero-order chi connectivity index (χ0) is 21.7. The van der Waals surface area contributed by atoms with E-state index in [2.05, 4.69) is 22.2 Å². The van der Waals surface area contributed by atoms with Crippen LogP contribution >= 0.6 is 11.8 Å². The Kier molecular flexibility index (Phi) is 6.70. The minimum atomic E-state index is -0.520. The van der Waals surface area contributed by atoms with Crippen molar-refractivity contribution in [3.63, 3.8) is 0 Å². The molecule has 0 aliphatic carbocycles. The van der Waals surface area contributed by atoms with Crippen molar-refractivity contribution in [1.82, 2.24) is 9.97 Å². The third-order valence-electron chi connectivity index (χ3n) is 4.62. The average molecular weight is 419 g/mol. The van der Waals surface area contributed by atoms with Gasteiger partial charge in [0.25, 0.3) is 5.56 Å². The molecule has 0 bridgehead atoms. The fourth-order valence-corrected chi connectivity index (χ4v) is 3.62. The Labute approximate surface area is 179 Å². The van der Waals surface area contributed by atoms with E-state index in [0.29, 0.717) is 22.1 Å². The van der Waals surface area contributed by atoms with Crippen LogP contribution in [0.3, 0.4) is 0 Å². The first-order valence-corrected chi connectivity index (χ1v) is 10.5. The minimum Gasteiger partial charge on any atom is -0.325 e. The molecule has 0 fully saturated rings. The Balaban J connectivity index is 1.81. The van der Waals surface area contributed by atoms with E-state index in [1.54, 1.807) is 6.92 Å². The van der Waals surface area contributed by atoms with Gasteiger partial charge in [-0.1, -0.05) is 60.6 Å². The number of thioether (sulfide) groups is 1. The molecule has 0 unspecified atom stereocenters. The van der Waals surface area contributed by atoms with Gasteiger partial charge in [0.1, 0.15) is 11.6 Å². The predicted molar refractivity (Wildman–Crippen MR) is 120 cm³/mol. The molecule has 0 spiro atoms. The SMILES string of the molecule is CCc1ccc(NC(=O)[C@@H](C)Sc2nc(-c3ccc(C)cc3)c(C#N)c(=O)[nH]2)cc1. The van der Waals surface area contributed by atoms with Gasteiger partial charge in [-0.2, -0.15) is 5.26 Å². The van der Waals surface area contributed by atoms with Gasteiger partial charge in [0.15, 0.2) is 5.16 Å². The summed E-state index contributed by atoms with van der Waals surface area (Å²) in [5, 5.41) is 12.1. The number of aromatic nitrogens is 2. The molecular formula is C23H22N4O2S. The summed E-state index contributed by atoms with van der Waals surface area (Å²) in [6.45, 7) is 5.77. The van der Waals surface area contributed by atoms with Gasteiger partial charge < -0.3 is 10.3 Å². The summed E-state index contributed by atoms with van der Waals surface area (Å²) in [5.74, 6) is -0.201. The lowest BCUT2D eigenvalue weighted by atomic mass is 10.1. The lowest BCUT2D eigenvalue weighted by Gasteiger charge is -2.13. The lowest BCUT2D eigenvalue weighted by molar-refractivity contribution is -0.115. The molecule has 1 heterocycles. The molecule has 1 aromatic heterocycles. The van der Waals surface area contributed by atoms with Crippen LogP contribution < -0.4 is 10.9 Å². The molecule has 0 aliphatic heterocycles. The van der Waals surface area contributed by atoms with Crippen LogP contribution in [0.25, 0.3) is 11.3 Å². The number of amides is 1. The van der Waals surface area contributed by atoms with Gasteiger partial charge >= 0.3 is 0 Å². The summed E-state index contributed by atoms with van der Waals surface area (Å²) in [5.41, 5.74) is 3.40. The number of nitrogens with zero attached hydrogens (tertiary/aromatic N) is 2.